The Morgan fingerprint density at radius 3 is 2.56 bits per heavy atom. The van der Waals surface area contributed by atoms with Gasteiger partial charge in [-0.3, -0.25) is 19.2 Å². The summed E-state index contributed by atoms with van der Waals surface area (Å²) in [6.07, 6.45) is 6.00. The number of hydrogen-bond donors (Lipinski definition) is 2. The van der Waals surface area contributed by atoms with Gasteiger partial charge in [0.15, 0.2) is 0 Å². The van der Waals surface area contributed by atoms with Crippen LogP contribution in [0.3, 0.4) is 0 Å². The Hall–Kier alpha value is -4.28. The first-order valence-corrected chi connectivity index (χ1v) is 19.7. The molecule has 1 unspecified atom stereocenters. The number of anilines is 2. The molecule has 3 aliphatic heterocycles. The van der Waals surface area contributed by atoms with Crippen LogP contribution in [0.5, 0.6) is 5.75 Å². The lowest BCUT2D eigenvalue weighted by molar-refractivity contribution is -0.197. The number of ether oxygens (including phenoxy) is 2. The fourth-order valence-electron chi connectivity index (χ4n) is 7.85. The van der Waals surface area contributed by atoms with Gasteiger partial charge in [-0.05, 0) is 88.1 Å². The average molecular weight is 769 g/mol. The normalized spacial score (nSPS) is 22.9. The van der Waals surface area contributed by atoms with Gasteiger partial charge in [0.05, 0.1) is 23.6 Å². The number of nitrogens with one attached hydrogen (secondary N) is 2. The van der Waals surface area contributed by atoms with Crippen molar-refractivity contribution >= 4 is 52.3 Å². The van der Waals surface area contributed by atoms with Crippen molar-refractivity contribution in [3.63, 3.8) is 0 Å². The zero-order chi connectivity index (χ0) is 37.8. The number of hydroxylamine groups is 2. The quantitative estimate of drug-likeness (QED) is 0.174. The van der Waals surface area contributed by atoms with Crippen LogP contribution < -0.4 is 20.5 Å². The molecule has 2 aromatic carbocycles. The molecule has 0 radical (unpaired) electrons. The summed E-state index contributed by atoms with van der Waals surface area (Å²) in [5.74, 6) is -0.0402. The molecule has 0 bridgehead atoms. The van der Waals surface area contributed by atoms with Crippen LogP contribution in [-0.2, 0) is 29.7 Å². The molecule has 0 spiro atoms. The van der Waals surface area contributed by atoms with Crippen LogP contribution in [0, 0.1) is 23.5 Å². The number of aromatic amines is 1. The summed E-state index contributed by atoms with van der Waals surface area (Å²) in [4.78, 5) is 64.1. The number of halogens is 2. The van der Waals surface area contributed by atoms with Crippen molar-refractivity contribution in [3.05, 3.63) is 58.1 Å². The SMILES string of the molecule is CN(c1ccc(NC2CCC(=O)N(OC=O)C2=O)cc1F)C1CC(CN2CCC(COc3cc(F)c4c(=O)[nH]c(CSC5CCOCC5)nc4c3)CC2)C1. The minimum absolute atomic E-state index is 0.0191. The number of benzene rings is 2. The first-order valence-electron chi connectivity index (χ1n) is 18.7. The predicted molar refractivity (Wildman–Crippen MR) is 199 cm³/mol. The number of hydrogen-bond acceptors (Lipinski definition) is 12. The molecular formula is C38H46F2N6O7S. The van der Waals surface area contributed by atoms with E-state index < -0.39 is 35.0 Å². The maximum absolute atomic E-state index is 15.3. The van der Waals surface area contributed by atoms with Crippen molar-refractivity contribution in [2.45, 2.75) is 74.5 Å². The first kappa shape index (κ1) is 38.0. The number of amides is 2. The van der Waals surface area contributed by atoms with E-state index >= 15 is 8.78 Å². The number of fused-ring (bicyclic) bond motifs is 1. The second-order valence-electron chi connectivity index (χ2n) is 14.7. The van der Waals surface area contributed by atoms with Crippen molar-refractivity contribution in [2.24, 2.45) is 11.8 Å². The maximum atomic E-state index is 15.3. The molecule has 1 atom stereocenters. The van der Waals surface area contributed by atoms with Gasteiger partial charge in [-0.25, -0.2) is 13.8 Å². The number of piperidine rings is 2. The number of imide groups is 1. The highest BCUT2D eigenvalue weighted by atomic mass is 32.2. The van der Waals surface area contributed by atoms with E-state index in [2.05, 4.69) is 25.0 Å². The van der Waals surface area contributed by atoms with Crippen molar-refractivity contribution in [1.82, 2.24) is 19.9 Å². The number of H-pyrrole nitrogens is 1. The number of likely N-dealkylation sites (tertiary alicyclic amines) is 1. The van der Waals surface area contributed by atoms with Crippen LogP contribution in [-0.4, -0.2) is 102 Å². The maximum Gasteiger partial charge on any atom is 0.321 e. The largest absolute Gasteiger partial charge is 0.493 e. The molecule has 54 heavy (non-hydrogen) atoms. The monoisotopic (exact) mass is 768 g/mol. The third-order valence-electron chi connectivity index (χ3n) is 11.1. The van der Waals surface area contributed by atoms with E-state index in [4.69, 9.17) is 9.47 Å². The second kappa shape index (κ2) is 17.0. The Labute approximate surface area is 316 Å². The summed E-state index contributed by atoms with van der Waals surface area (Å²) in [6, 6.07) is 7.06. The summed E-state index contributed by atoms with van der Waals surface area (Å²) in [7, 11) is 1.89. The molecule has 3 saturated heterocycles. The van der Waals surface area contributed by atoms with Gasteiger partial charge in [-0.1, -0.05) is 0 Å². The molecule has 4 fully saturated rings. The van der Waals surface area contributed by atoms with Crippen LogP contribution in [0.1, 0.15) is 57.2 Å². The van der Waals surface area contributed by atoms with E-state index in [1.54, 1.807) is 30.0 Å². The van der Waals surface area contributed by atoms with Gasteiger partial charge in [-0.2, -0.15) is 11.8 Å². The van der Waals surface area contributed by atoms with E-state index in [1.807, 2.05) is 11.9 Å². The standard InChI is InChI=1S/C38H46F2N6O7S/c1-44(33-4-2-25(16-29(33)39)41-31-3-5-35(48)46(38(31)50)53-22-47)26-14-24(15-26)19-45-10-6-23(7-11-45)20-52-27-17-30(40)36-32(18-27)42-34(43-37(36)49)21-54-28-8-12-51-13-9-28/h2,4,16-18,22-24,26,28,31,41H,3,5-15,19-21H2,1H3,(H,42,43,49). The number of thioether (sulfide) groups is 1. The summed E-state index contributed by atoms with van der Waals surface area (Å²) in [6.45, 7) is 4.86. The number of carbonyl (C=O) groups is 3. The van der Waals surface area contributed by atoms with E-state index in [0.717, 1.165) is 71.4 Å². The Kier molecular flexibility index (Phi) is 12.0. The first-order chi connectivity index (χ1) is 26.1. The number of rotatable bonds is 14. The molecule has 4 heterocycles. The van der Waals surface area contributed by atoms with Gasteiger partial charge in [0, 0.05) is 62.3 Å². The van der Waals surface area contributed by atoms with Gasteiger partial charge in [0.1, 0.15) is 34.6 Å². The van der Waals surface area contributed by atoms with Crippen molar-refractivity contribution in [1.29, 1.82) is 0 Å². The number of nitrogens with zero attached hydrogens (tertiary/aromatic N) is 4. The topological polar surface area (TPSA) is 146 Å². The Morgan fingerprint density at radius 2 is 1.81 bits per heavy atom. The fraction of sp³-hybridized carbons (Fsp3) is 0.553. The molecule has 1 saturated carbocycles. The number of aromatic nitrogens is 2. The van der Waals surface area contributed by atoms with Crippen molar-refractivity contribution in [3.8, 4) is 5.75 Å². The molecule has 2 N–H and O–H groups in total. The molecule has 290 valence electrons. The van der Waals surface area contributed by atoms with Crippen LogP contribution in [0.15, 0.2) is 35.1 Å². The van der Waals surface area contributed by atoms with E-state index in [-0.39, 0.29) is 30.7 Å². The summed E-state index contributed by atoms with van der Waals surface area (Å²) in [5, 5.41) is 3.80. The van der Waals surface area contributed by atoms with Crippen LogP contribution >= 0.6 is 11.8 Å². The van der Waals surface area contributed by atoms with E-state index in [9.17, 15) is 19.2 Å². The lowest BCUT2D eigenvalue weighted by atomic mass is 9.78. The van der Waals surface area contributed by atoms with Crippen LogP contribution in [0.4, 0.5) is 20.2 Å². The summed E-state index contributed by atoms with van der Waals surface area (Å²) in [5.41, 5.74) is 0.696. The third kappa shape index (κ3) is 8.81. The molecule has 4 aliphatic rings. The Balaban J connectivity index is 0.839. The minimum atomic E-state index is -0.819. The second-order valence-corrected chi connectivity index (χ2v) is 16.0. The minimum Gasteiger partial charge on any atom is -0.493 e. The Morgan fingerprint density at radius 1 is 1.04 bits per heavy atom. The van der Waals surface area contributed by atoms with Crippen LogP contribution in [0.25, 0.3) is 10.9 Å². The Bertz CT molecular complexity index is 1900. The summed E-state index contributed by atoms with van der Waals surface area (Å²) >= 11 is 1.74. The summed E-state index contributed by atoms with van der Waals surface area (Å²) < 4.78 is 41.8. The van der Waals surface area contributed by atoms with Crippen molar-refractivity contribution < 1.29 is 37.5 Å². The molecule has 16 heteroatoms. The molecular weight excluding hydrogens is 723 g/mol. The van der Waals surface area contributed by atoms with Gasteiger partial charge in [-0.15, -0.1) is 5.06 Å². The lowest BCUT2D eigenvalue weighted by Crippen LogP contribution is -2.50. The fourth-order valence-corrected chi connectivity index (χ4v) is 8.90. The average Bonchev–Trinajstić information content (AvgIpc) is 3.14. The van der Waals surface area contributed by atoms with E-state index in [0.29, 0.717) is 63.0 Å². The molecule has 3 aromatic rings. The highest BCUT2D eigenvalue weighted by Gasteiger charge is 2.37. The van der Waals surface area contributed by atoms with E-state index in [1.165, 1.54) is 12.1 Å². The predicted octanol–water partition coefficient (Wildman–Crippen LogP) is 4.64. The molecule has 1 aromatic heterocycles. The van der Waals surface area contributed by atoms with Gasteiger partial charge < -0.3 is 34.4 Å². The molecule has 7 rings (SSSR count). The third-order valence-corrected chi connectivity index (χ3v) is 12.4. The highest BCUT2D eigenvalue weighted by Crippen LogP contribution is 2.37. The zero-order valence-corrected chi connectivity index (χ0v) is 31.1. The van der Waals surface area contributed by atoms with Gasteiger partial charge >= 0.3 is 6.47 Å². The highest BCUT2D eigenvalue weighted by molar-refractivity contribution is 7.99. The van der Waals surface area contributed by atoms with Gasteiger partial charge in [0.2, 0.25) is 0 Å². The smallest absolute Gasteiger partial charge is 0.321 e. The number of carbonyl (C=O) groups excluding carboxylic acids is 3. The van der Waals surface area contributed by atoms with Crippen LogP contribution in [0.2, 0.25) is 0 Å². The zero-order valence-electron chi connectivity index (χ0n) is 30.3. The van der Waals surface area contributed by atoms with Gasteiger partial charge in [0.25, 0.3) is 17.4 Å². The van der Waals surface area contributed by atoms with Crippen molar-refractivity contribution in [2.75, 3.05) is 56.7 Å². The lowest BCUT2D eigenvalue weighted by Gasteiger charge is -2.45. The molecule has 1 aliphatic carbocycles. The molecule has 2 amide bonds. The molecule has 13 nitrogen and oxygen atoms in total.